The highest BCUT2D eigenvalue weighted by atomic mass is 32.5. The summed E-state index contributed by atoms with van der Waals surface area (Å²) in [7, 11) is -12.9. The normalized spacial score (nSPS) is 28.4. The second kappa shape index (κ2) is 21.9. The van der Waals surface area contributed by atoms with Crippen LogP contribution >= 0.6 is 14.5 Å². The Morgan fingerprint density at radius 1 is 0.959 bits per heavy atom. The Bertz CT molecular complexity index is 2990. The third-order valence-electron chi connectivity index (χ3n) is 13.0. The first kappa shape index (κ1) is 55.1. The van der Waals surface area contributed by atoms with Gasteiger partial charge in [-0.2, -0.15) is 5.26 Å². The minimum Gasteiger partial charge on any atom is -0.414 e. The number of aromatic nitrogens is 7. The number of halogens is 2. The van der Waals surface area contributed by atoms with Gasteiger partial charge in [-0.3, -0.25) is 27.7 Å². The highest BCUT2D eigenvalue weighted by molar-refractivity contribution is 8.07. The number of benzene rings is 1. The van der Waals surface area contributed by atoms with Crippen LogP contribution in [-0.4, -0.2) is 123 Å². The zero-order valence-corrected chi connectivity index (χ0v) is 45.5. The molecule has 3 aliphatic rings. The van der Waals surface area contributed by atoms with Crippen molar-refractivity contribution < 1.29 is 68.5 Å². The largest absolute Gasteiger partial charge is 0.472 e. The number of nitrogens with one attached hydrogen (secondary N) is 2. The lowest BCUT2D eigenvalue weighted by atomic mass is 10.1. The minimum absolute atomic E-state index is 0.00278. The fourth-order valence-corrected chi connectivity index (χ4v) is 22.1. The van der Waals surface area contributed by atoms with E-state index in [0.717, 1.165) is 18.9 Å². The van der Waals surface area contributed by atoms with Crippen LogP contribution in [0.15, 0.2) is 60.3 Å². The Kier molecular flexibility index (Phi) is 16.5. The number of H-pyrrole nitrogens is 1. The van der Waals surface area contributed by atoms with Crippen molar-refractivity contribution in [1.29, 1.82) is 5.26 Å². The second-order valence-corrected chi connectivity index (χ2v) is 31.9. The number of aromatic amines is 1. The van der Waals surface area contributed by atoms with Crippen LogP contribution in [0.1, 0.15) is 84.6 Å². The van der Waals surface area contributed by atoms with Crippen molar-refractivity contribution in [3.05, 3.63) is 77.2 Å². The molecule has 10 atom stereocenters. The molecule has 2 unspecified atom stereocenters. The number of nitrogens with zero attached hydrogens (tertiary/aromatic N) is 7. The summed E-state index contributed by atoms with van der Waals surface area (Å²) < 4.78 is 107. The number of imidazole rings is 1. The molecule has 4 aromatic heterocycles. The van der Waals surface area contributed by atoms with Crippen molar-refractivity contribution in [2.75, 3.05) is 25.1 Å². The van der Waals surface area contributed by atoms with Gasteiger partial charge in [-0.25, -0.2) is 33.3 Å². The predicted molar refractivity (Wildman–Crippen MR) is 265 cm³/mol. The lowest BCUT2D eigenvalue weighted by Crippen LogP contribution is -2.62. The number of amides is 1. The zero-order valence-electron chi connectivity index (χ0n) is 40.9. The maximum absolute atomic E-state index is 17.1. The number of phosphoric ester groups is 1. The van der Waals surface area contributed by atoms with Gasteiger partial charge in [0.25, 0.3) is 11.5 Å². The van der Waals surface area contributed by atoms with Gasteiger partial charge in [-0.15, -0.1) is 0 Å². The van der Waals surface area contributed by atoms with E-state index in [1.54, 1.807) is 30.3 Å². The van der Waals surface area contributed by atoms with Gasteiger partial charge in [0.15, 0.2) is 47.1 Å². The molecule has 0 radical (unpaired) electrons. The highest BCUT2D eigenvalue weighted by Crippen LogP contribution is 2.58. The molecule has 30 heteroatoms. The number of ether oxygens (including phenoxy) is 2. The van der Waals surface area contributed by atoms with Crippen LogP contribution in [0.4, 0.5) is 14.6 Å². The van der Waals surface area contributed by atoms with E-state index in [2.05, 4.69) is 30.2 Å². The number of hydrogen-bond acceptors (Lipinski definition) is 19. The summed E-state index contributed by atoms with van der Waals surface area (Å²) in [5.41, 5.74) is -2.08. The number of alkyl halides is 1. The number of carbonyl (C=O) groups is 1. The smallest absolute Gasteiger partial charge is 0.414 e. The average molecular weight is 1110 g/mol. The van der Waals surface area contributed by atoms with Gasteiger partial charge in [0.05, 0.1) is 45.0 Å². The second-order valence-electron chi connectivity index (χ2n) is 18.9. The lowest BCUT2D eigenvalue weighted by molar-refractivity contribution is -0.0647. The molecule has 5 aromatic rings. The third kappa shape index (κ3) is 11.0. The molecule has 3 aliphatic heterocycles. The molecule has 8 rings (SSSR count). The van der Waals surface area contributed by atoms with E-state index in [4.69, 9.17) is 52.4 Å². The van der Waals surface area contributed by atoms with Gasteiger partial charge in [0.1, 0.15) is 42.2 Å². The quantitative estimate of drug-likeness (QED) is 0.0462. The number of hydrogen-bond donors (Lipinski definition) is 4. The van der Waals surface area contributed by atoms with E-state index in [-0.39, 0.29) is 46.7 Å². The lowest BCUT2D eigenvalue weighted by Gasteiger charge is -2.47. The van der Waals surface area contributed by atoms with Crippen LogP contribution in [0.25, 0.3) is 22.2 Å². The van der Waals surface area contributed by atoms with Crippen molar-refractivity contribution >= 4 is 77.4 Å². The zero-order chi connectivity index (χ0) is 52.8. The number of rotatable bonds is 15. The third-order valence-corrected chi connectivity index (χ3v) is 26.1. The van der Waals surface area contributed by atoms with Crippen LogP contribution in [-0.2, 0) is 57.0 Å². The molecular weight excluding hydrogens is 1050 g/mol. The molecule has 1 aromatic carbocycles. The van der Waals surface area contributed by atoms with Gasteiger partial charge in [-0.05, 0) is 46.1 Å². The summed E-state index contributed by atoms with van der Waals surface area (Å²) in [6, 6.07) is 10.3. The molecular formula is C43H57F2N9O14P2SSi2. The summed E-state index contributed by atoms with van der Waals surface area (Å²) in [6.45, 7) is 8.69. The minimum atomic E-state index is -5.37. The van der Waals surface area contributed by atoms with Crippen molar-refractivity contribution in [2.24, 2.45) is 0 Å². The Morgan fingerprint density at radius 2 is 1.64 bits per heavy atom. The van der Waals surface area contributed by atoms with Crippen LogP contribution in [0.2, 0.25) is 22.2 Å². The first-order valence-electron chi connectivity index (χ1n) is 23.5. The molecule has 3 saturated heterocycles. The molecule has 0 aliphatic carbocycles. The van der Waals surface area contributed by atoms with E-state index in [0.29, 0.717) is 5.56 Å². The van der Waals surface area contributed by atoms with Crippen molar-refractivity contribution in [1.82, 2.24) is 34.1 Å². The monoisotopic (exact) mass is 1110 g/mol. The van der Waals surface area contributed by atoms with Crippen molar-refractivity contribution in [2.45, 2.75) is 133 Å². The number of fused-ring (bicyclic) bond motifs is 5. The fraction of sp³-hybridized carbons (Fsp3) is 0.558. The van der Waals surface area contributed by atoms with Gasteiger partial charge >= 0.3 is 31.7 Å². The number of carbonyl (C=O) groups excluding carboxylic acids is 1. The summed E-state index contributed by atoms with van der Waals surface area (Å²) in [4.78, 5) is 69.3. The van der Waals surface area contributed by atoms with Gasteiger partial charge < -0.3 is 51.6 Å². The predicted octanol–water partition coefficient (Wildman–Crippen LogP) is 7.08. The Labute approximate surface area is 425 Å². The molecule has 3 fully saturated rings. The van der Waals surface area contributed by atoms with Crippen molar-refractivity contribution in [3.63, 3.8) is 0 Å². The van der Waals surface area contributed by atoms with Crippen LogP contribution in [0.3, 0.4) is 0 Å². The van der Waals surface area contributed by atoms with E-state index < -0.39 is 128 Å². The van der Waals surface area contributed by atoms with Crippen LogP contribution in [0, 0.1) is 17.1 Å². The molecule has 396 valence electrons. The Hall–Kier alpha value is -4.12. The Balaban J connectivity index is 1.21. The Morgan fingerprint density at radius 3 is 2.32 bits per heavy atom. The van der Waals surface area contributed by atoms with E-state index in [1.165, 1.54) is 15.5 Å². The molecule has 4 N–H and O–H groups in total. The van der Waals surface area contributed by atoms with Gasteiger partial charge in [0, 0.05) is 11.8 Å². The van der Waals surface area contributed by atoms with E-state index >= 15 is 8.78 Å². The molecule has 1 amide bonds. The summed E-state index contributed by atoms with van der Waals surface area (Å²) >= 11 is 6.09. The van der Waals surface area contributed by atoms with Gasteiger partial charge in [0.2, 0.25) is 0 Å². The van der Waals surface area contributed by atoms with E-state index in [9.17, 15) is 29.1 Å². The highest BCUT2D eigenvalue weighted by Gasteiger charge is 2.61. The number of phosphoric acid groups is 1. The molecule has 23 nitrogen and oxygen atoms in total. The van der Waals surface area contributed by atoms with Crippen LogP contribution in [0.5, 0.6) is 0 Å². The van der Waals surface area contributed by atoms with Gasteiger partial charge in [-0.1, -0.05) is 73.6 Å². The average Bonchev–Trinajstić information content (AvgIpc) is 4.09. The number of anilines is 1. The maximum atomic E-state index is 17.1. The molecule has 7 heterocycles. The molecule has 0 spiro atoms. The van der Waals surface area contributed by atoms with Crippen LogP contribution < -0.4 is 10.9 Å². The maximum Gasteiger partial charge on any atom is 0.472 e. The molecule has 73 heavy (non-hydrogen) atoms. The topological polar surface area (TPSA) is 288 Å². The number of nitriles is 1. The fourth-order valence-electron chi connectivity index (χ4n) is 9.18. The molecule has 2 bridgehead atoms. The van der Waals surface area contributed by atoms with E-state index in [1.807, 2.05) is 61.5 Å². The summed E-state index contributed by atoms with van der Waals surface area (Å²) in [5.74, 6) is -1.50. The van der Waals surface area contributed by atoms with Crippen molar-refractivity contribution in [3.8, 4) is 6.07 Å². The SMILES string of the molecule is CC(C)[Si](O)(O[Si](O[C@H]1[C@H]2OP(=S)(OCCC#N)OC[C@H]3O[C@@H](n4cnc5c(NC(=O)c6ccccc6)ncnc54)[C@H](F)[C@@H]3OP(=O)(O)OC[C@H]1O[C@H]2n1cc(F)c2c(=O)[nH]cnc21)(C(C)C)C(C)C)C(C)C. The first-order chi connectivity index (χ1) is 34.5. The summed E-state index contributed by atoms with van der Waals surface area (Å²) in [5, 5.41) is 11.8. The molecule has 0 saturated carbocycles. The summed E-state index contributed by atoms with van der Waals surface area (Å²) in [6.07, 6.45) is -9.36. The first-order valence-corrected chi connectivity index (χ1v) is 31.5. The standard InChI is InChI=1S/C43H57F2N9O14P2SSi2/c1-23(2)72(59,24(3)4)68-73(25(5)6,26(7)8)67-35-30-18-61-69(57,58)65-34-29(63-42(32(34)45)54-22-51-33-37(47-20-49-39(33)54)52-40(55)27-13-10-9-11-14-27)19-62-70(71,60-16-12-15-46)66-36(35)43(64-30)53-17-28(44)31-38(53)48-21-50-41(31)56/h9-11,13-14,17,20-26,29-30,32,34-36,42-43,59H,12,16,18-19H2,1-8H3,(H,57,58)(H,48,50,56)(H,47,49,52,55)/t29-,30-,32-,34-,35-,36-,42-,43-,70?/m1/s1.